The first-order valence-corrected chi connectivity index (χ1v) is 11.1. The third-order valence-corrected chi connectivity index (χ3v) is 6.35. The maximum atomic E-state index is 12.9. The van der Waals surface area contributed by atoms with Gasteiger partial charge in [0.1, 0.15) is 5.54 Å². The molecule has 1 aromatic rings. The largest absolute Gasteiger partial charge is 0.464 e. The van der Waals surface area contributed by atoms with Crippen molar-refractivity contribution in [2.45, 2.75) is 63.6 Å². The fraction of sp³-hybridized carbons (Fsp3) is 0.609. The van der Waals surface area contributed by atoms with Crippen LogP contribution >= 0.6 is 0 Å². The molecule has 32 heavy (non-hydrogen) atoms. The van der Waals surface area contributed by atoms with Gasteiger partial charge in [0.2, 0.25) is 5.91 Å². The molecule has 0 bridgehead atoms. The molecule has 1 saturated heterocycles. The van der Waals surface area contributed by atoms with Crippen molar-refractivity contribution >= 4 is 17.8 Å². The number of carbonyl (C=O) groups is 3. The number of benzene rings is 1. The van der Waals surface area contributed by atoms with Crippen LogP contribution in [0.25, 0.3) is 0 Å². The first-order valence-electron chi connectivity index (χ1n) is 11.1. The maximum Gasteiger partial charge on any atom is 0.416 e. The van der Waals surface area contributed by atoms with Gasteiger partial charge < -0.3 is 15.0 Å². The van der Waals surface area contributed by atoms with E-state index in [2.05, 4.69) is 5.32 Å². The van der Waals surface area contributed by atoms with Crippen molar-refractivity contribution in [3.05, 3.63) is 35.4 Å². The quantitative estimate of drug-likeness (QED) is 0.684. The molecule has 1 aromatic carbocycles. The van der Waals surface area contributed by atoms with Crippen LogP contribution in [-0.4, -0.2) is 47.9 Å². The van der Waals surface area contributed by atoms with Crippen molar-refractivity contribution in [1.29, 1.82) is 0 Å². The van der Waals surface area contributed by atoms with Crippen molar-refractivity contribution in [3.63, 3.8) is 0 Å². The average molecular weight is 454 g/mol. The molecule has 2 amide bonds. The van der Waals surface area contributed by atoms with Gasteiger partial charge in [0, 0.05) is 24.6 Å². The summed E-state index contributed by atoms with van der Waals surface area (Å²) in [4.78, 5) is 39.7. The highest BCUT2D eigenvalue weighted by Gasteiger charge is 2.43. The fourth-order valence-electron chi connectivity index (χ4n) is 4.47. The Kier molecular flexibility index (Phi) is 7.46. The summed E-state index contributed by atoms with van der Waals surface area (Å²) in [7, 11) is 0. The van der Waals surface area contributed by atoms with Crippen LogP contribution < -0.4 is 5.32 Å². The summed E-state index contributed by atoms with van der Waals surface area (Å²) < 4.78 is 43.4. The predicted octanol–water partition coefficient (Wildman–Crippen LogP) is 3.94. The third kappa shape index (κ3) is 5.42. The molecule has 9 heteroatoms. The summed E-state index contributed by atoms with van der Waals surface area (Å²) in [5.41, 5.74) is -1.59. The molecule has 1 aliphatic heterocycles. The lowest BCUT2D eigenvalue weighted by Crippen LogP contribution is -2.58. The Morgan fingerprint density at radius 2 is 1.66 bits per heavy atom. The highest BCUT2D eigenvalue weighted by Crippen LogP contribution is 2.31. The summed E-state index contributed by atoms with van der Waals surface area (Å²) in [5.74, 6) is -1.28. The Morgan fingerprint density at radius 1 is 1.06 bits per heavy atom. The van der Waals surface area contributed by atoms with Gasteiger partial charge in [-0.05, 0) is 56.9 Å². The zero-order valence-electron chi connectivity index (χ0n) is 18.2. The van der Waals surface area contributed by atoms with Crippen molar-refractivity contribution in [3.8, 4) is 0 Å². The van der Waals surface area contributed by atoms with Crippen LogP contribution in [0.3, 0.4) is 0 Å². The number of amides is 2. The molecule has 1 heterocycles. The predicted molar refractivity (Wildman–Crippen MR) is 111 cm³/mol. The topological polar surface area (TPSA) is 75.7 Å². The molecule has 0 radical (unpaired) electrons. The number of halogens is 3. The first kappa shape index (κ1) is 24.1. The van der Waals surface area contributed by atoms with Gasteiger partial charge >= 0.3 is 12.1 Å². The van der Waals surface area contributed by atoms with Crippen LogP contribution in [0.4, 0.5) is 13.2 Å². The molecule has 0 atom stereocenters. The van der Waals surface area contributed by atoms with E-state index in [0.717, 1.165) is 31.4 Å². The van der Waals surface area contributed by atoms with Gasteiger partial charge in [0.05, 0.1) is 12.2 Å². The Balaban J connectivity index is 1.58. The lowest BCUT2D eigenvalue weighted by Gasteiger charge is -2.38. The third-order valence-electron chi connectivity index (χ3n) is 6.35. The number of alkyl halides is 3. The van der Waals surface area contributed by atoms with E-state index in [9.17, 15) is 27.6 Å². The van der Waals surface area contributed by atoms with Crippen LogP contribution in [-0.2, 0) is 20.5 Å². The Labute approximate surface area is 185 Å². The summed E-state index contributed by atoms with van der Waals surface area (Å²) in [5, 5.41) is 2.96. The minimum Gasteiger partial charge on any atom is -0.464 e. The monoisotopic (exact) mass is 454 g/mol. The van der Waals surface area contributed by atoms with E-state index in [1.54, 1.807) is 11.8 Å². The van der Waals surface area contributed by atoms with Crippen molar-refractivity contribution in [2.24, 2.45) is 5.92 Å². The van der Waals surface area contributed by atoms with E-state index in [-0.39, 0.29) is 35.9 Å². The molecule has 6 nitrogen and oxygen atoms in total. The fourth-order valence-corrected chi connectivity index (χ4v) is 4.47. The first-order chi connectivity index (χ1) is 15.2. The second-order valence-electron chi connectivity index (χ2n) is 8.49. The van der Waals surface area contributed by atoms with Gasteiger partial charge in [-0.15, -0.1) is 0 Å². The number of rotatable bonds is 5. The number of likely N-dealkylation sites (tertiary alicyclic amines) is 1. The smallest absolute Gasteiger partial charge is 0.416 e. The summed E-state index contributed by atoms with van der Waals surface area (Å²) in [6, 6.07) is 4.14. The minimum atomic E-state index is -4.45. The standard InChI is InChI=1S/C23H29F3N2O4/c1-2-32-21(31)22(12-4-3-5-13-22)27-19(29)16-10-14-28(15-11-16)20(30)17-6-8-18(9-7-17)23(24,25)26/h6-9,16H,2-5,10-15H2,1H3,(H,27,29). The molecule has 0 aromatic heterocycles. The van der Waals surface area contributed by atoms with E-state index in [0.29, 0.717) is 38.8 Å². The molecular weight excluding hydrogens is 425 g/mol. The number of hydrogen-bond donors (Lipinski definition) is 1. The van der Waals surface area contributed by atoms with Gasteiger partial charge in [0.15, 0.2) is 0 Å². The Bertz CT molecular complexity index is 825. The molecule has 2 aliphatic rings. The number of hydrogen-bond acceptors (Lipinski definition) is 4. The van der Waals surface area contributed by atoms with Crippen molar-refractivity contribution in [1.82, 2.24) is 10.2 Å². The summed E-state index contributed by atoms with van der Waals surface area (Å²) in [6.07, 6.45) is 0.228. The average Bonchev–Trinajstić information content (AvgIpc) is 2.79. The second-order valence-corrected chi connectivity index (χ2v) is 8.49. The number of ether oxygens (including phenoxy) is 1. The highest BCUT2D eigenvalue weighted by molar-refractivity contribution is 5.94. The molecule has 1 aliphatic carbocycles. The number of nitrogens with one attached hydrogen (secondary N) is 1. The van der Waals surface area contributed by atoms with Crippen molar-refractivity contribution < 1.29 is 32.3 Å². The lowest BCUT2D eigenvalue weighted by molar-refractivity contribution is -0.155. The van der Waals surface area contributed by atoms with Crippen molar-refractivity contribution in [2.75, 3.05) is 19.7 Å². The molecule has 0 spiro atoms. The molecule has 3 rings (SSSR count). The molecule has 2 fully saturated rings. The van der Waals surface area contributed by atoms with Gasteiger partial charge in [-0.3, -0.25) is 9.59 Å². The van der Waals surface area contributed by atoms with Gasteiger partial charge in [-0.1, -0.05) is 19.3 Å². The number of esters is 1. The SMILES string of the molecule is CCOC(=O)C1(NC(=O)C2CCN(C(=O)c3ccc(C(F)(F)F)cc3)CC2)CCCCC1. The Hall–Kier alpha value is -2.58. The number of carbonyl (C=O) groups excluding carboxylic acids is 3. The van der Waals surface area contributed by atoms with E-state index < -0.39 is 17.3 Å². The molecular formula is C23H29F3N2O4. The van der Waals surface area contributed by atoms with Gasteiger partial charge in [-0.2, -0.15) is 13.2 Å². The summed E-state index contributed by atoms with van der Waals surface area (Å²) >= 11 is 0. The highest BCUT2D eigenvalue weighted by atomic mass is 19.4. The minimum absolute atomic E-state index is 0.185. The molecule has 1 saturated carbocycles. The normalized spacial score (nSPS) is 19.3. The van der Waals surface area contributed by atoms with Crippen LogP contribution in [0.2, 0.25) is 0 Å². The van der Waals surface area contributed by atoms with E-state index in [4.69, 9.17) is 4.74 Å². The number of piperidine rings is 1. The molecule has 0 unspecified atom stereocenters. The zero-order valence-corrected chi connectivity index (χ0v) is 18.2. The van der Waals surface area contributed by atoms with E-state index in [1.807, 2.05) is 0 Å². The van der Waals surface area contributed by atoms with Gasteiger partial charge in [0.25, 0.3) is 5.91 Å². The lowest BCUT2D eigenvalue weighted by atomic mass is 9.80. The summed E-state index contributed by atoms with van der Waals surface area (Å²) in [6.45, 7) is 2.63. The maximum absolute atomic E-state index is 12.9. The molecule has 1 N–H and O–H groups in total. The van der Waals surface area contributed by atoms with Crippen LogP contribution in [0.5, 0.6) is 0 Å². The molecule has 176 valence electrons. The van der Waals surface area contributed by atoms with Crippen LogP contribution in [0, 0.1) is 5.92 Å². The Morgan fingerprint density at radius 3 is 2.19 bits per heavy atom. The van der Waals surface area contributed by atoms with E-state index >= 15 is 0 Å². The van der Waals surface area contributed by atoms with Crippen LogP contribution in [0.15, 0.2) is 24.3 Å². The number of nitrogens with zero attached hydrogens (tertiary/aromatic N) is 1. The van der Waals surface area contributed by atoms with Gasteiger partial charge in [-0.25, -0.2) is 4.79 Å². The zero-order chi connectivity index (χ0) is 23.4. The van der Waals surface area contributed by atoms with Crippen LogP contribution in [0.1, 0.15) is 67.8 Å². The van der Waals surface area contributed by atoms with E-state index in [1.165, 1.54) is 12.1 Å². The second kappa shape index (κ2) is 9.92.